The van der Waals surface area contributed by atoms with Crippen LogP contribution in [0.15, 0.2) is 59.0 Å². The SMILES string of the molecule is COc1ccc(C(=O)Nc2ccc(Cc3nc4cc(Cl)cc(Cl)c4o3)cc2)cc1OC. The van der Waals surface area contributed by atoms with E-state index >= 15 is 0 Å². The molecule has 0 spiro atoms. The van der Waals surface area contributed by atoms with Gasteiger partial charge in [-0.1, -0.05) is 35.3 Å². The van der Waals surface area contributed by atoms with Gasteiger partial charge in [0.2, 0.25) is 0 Å². The molecule has 0 atom stereocenters. The number of hydrogen-bond acceptors (Lipinski definition) is 5. The number of carbonyl (C=O) groups is 1. The lowest BCUT2D eigenvalue weighted by Crippen LogP contribution is -2.12. The Hall–Kier alpha value is -3.22. The number of amides is 1. The molecule has 6 nitrogen and oxygen atoms in total. The quantitative estimate of drug-likeness (QED) is 0.385. The minimum atomic E-state index is -0.251. The minimum absolute atomic E-state index is 0.251. The molecule has 1 amide bonds. The lowest BCUT2D eigenvalue weighted by atomic mass is 10.1. The molecule has 0 aliphatic carbocycles. The number of carbonyl (C=O) groups excluding carboxylic acids is 1. The fourth-order valence-corrected chi connectivity index (χ4v) is 3.66. The zero-order valence-corrected chi connectivity index (χ0v) is 18.3. The van der Waals surface area contributed by atoms with Crippen LogP contribution >= 0.6 is 23.2 Å². The lowest BCUT2D eigenvalue weighted by molar-refractivity contribution is 0.102. The van der Waals surface area contributed by atoms with Crippen molar-refractivity contribution < 1.29 is 18.7 Å². The van der Waals surface area contributed by atoms with Gasteiger partial charge in [-0.05, 0) is 48.0 Å². The zero-order chi connectivity index (χ0) is 22.0. The summed E-state index contributed by atoms with van der Waals surface area (Å²) in [5, 5.41) is 3.80. The Kier molecular flexibility index (Phi) is 6.02. The van der Waals surface area contributed by atoms with Crippen LogP contribution in [0.5, 0.6) is 11.5 Å². The van der Waals surface area contributed by atoms with Crippen LogP contribution in [0, 0.1) is 0 Å². The monoisotopic (exact) mass is 456 g/mol. The number of methoxy groups -OCH3 is 2. The van der Waals surface area contributed by atoms with E-state index < -0.39 is 0 Å². The molecule has 31 heavy (non-hydrogen) atoms. The second-order valence-corrected chi connectivity index (χ2v) is 7.58. The van der Waals surface area contributed by atoms with E-state index in [0.717, 1.165) is 5.56 Å². The van der Waals surface area contributed by atoms with Gasteiger partial charge in [0.25, 0.3) is 5.91 Å². The molecule has 0 saturated carbocycles. The third-order valence-corrected chi connectivity index (χ3v) is 5.17. The van der Waals surface area contributed by atoms with Crippen molar-refractivity contribution in [3.63, 3.8) is 0 Å². The first-order valence-electron chi connectivity index (χ1n) is 9.33. The van der Waals surface area contributed by atoms with E-state index in [9.17, 15) is 4.79 Å². The van der Waals surface area contributed by atoms with Crippen molar-refractivity contribution in [3.05, 3.63) is 81.7 Å². The van der Waals surface area contributed by atoms with Crippen LogP contribution in [0.2, 0.25) is 10.0 Å². The molecule has 0 fully saturated rings. The molecule has 0 aliphatic heterocycles. The summed E-state index contributed by atoms with van der Waals surface area (Å²) in [6, 6.07) is 15.8. The van der Waals surface area contributed by atoms with Crippen molar-refractivity contribution in [2.24, 2.45) is 0 Å². The summed E-state index contributed by atoms with van der Waals surface area (Å²) in [6.45, 7) is 0. The van der Waals surface area contributed by atoms with Gasteiger partial charge >= 0.3 is 0 Å². The van der Waals surface area contributed by atoms with Gasteiger partial charge in [-0.3, -0.25) is 4.79 Å². The maximum Gasteiger partial charge on any atom is 0.255 e. The maximum atomic E-state index is 12.6. The van der Waals surface area contributed by atoms with Crippen molar-refractivity contribution >= 4 is 45.9 Å². The maximum absolute atomic E-state index is 12.6. The van der Waals surface area contributed by atoms with E-state index in [0.29, 0.717) is 56.2 Å². The van der Waals surface area contributed by atoms with Crippen LogP contribution < -0.4 is 14.8 Å². The second kappa shape index (κ2) is 8.88. The molecule has 4 rings (SSSR count). The lowest BCUT2D eigenvalue weighted by Gasteiger charge is -2.10. The molecular weight excluding hydrogens is 439 g/mol. The standard InChI is InChI=1S/C23H18Cl2N2O4/c1-29-19-8-5-14(10-20(19)30-2)23(28)26-16-6-3-13(4-7-16)9-21-27-18-12-15(24)11-17(25)22(18)31-21/h3-8,10-12H,9H2,1-2H3,(H,26,28). The van der Waals surface area contributed by atoms with Crippen LogP contribution in [0.4, 0.5) is 5.69 Å². The van der Waals surface area contributed by atoms with Gasteiger partial charge < -0.3 is 19.2 Å². The van der Waals surface area contributed by atoms with Crippen LogP contribution in [-0.4, -0.2) is 25.1 Å². The second-order valence-electron chi connectivity index (χ2n) is 6.74. The van der Waals surface area contributed by atoms with Crippen molar-refractivity contribution in [1.29, 1.82) is 0 Å². The Labute approximate surface area is 188 Å². The largest absolute Gasteiger partial charge is 0.493 e. The Bertz CT molecular complexity index is 1250. The fourth-order valence-electron chi connectivity index (χ4n) is 3.14. The highest BCUT2D eigenvalue weighted by atomic mass is 35.5. The molecule has 0 radical (unpaired) electrons. The summed E-state index contributed by atoms with van der Waals surface area (Å²) in [7, 11) is 3.07. The Balaban J connectivity index is 1.46. The molecule has 1 heterocycles. The normalized spacial score (nSPS) is 10.8. The summed E-state index contributed by atoms with van der Waals surface area (Å²) >= 11 is 12.2. The fraction of sp³-hybridized carbons (Fsp3) is 0.130. The Morgan fingerprint density at radius 3 is 2.45 bits per heavy atom. The predicted molar refractivity (Wildman–Crippen MR) is 121 cm³/mol. The first-order chi connectivity index (χ1) is 15.0. The van der Waals surface area contributed by atoms with Gasteiger partial charge in [0.05, 0.1) is 19.2 Å². The van der Waals surface area contributed by atoms with Crippen molar-refractivity contribution in [1.82, 2.24) is 4.98 Å². The summed E-state index contributed by atoms with van der Waals surface area (Å²) in [5.74, 6) is 1.33. The number of aromatic nitrogens is 1. The van der Waals surface area contributed by atoms with E-state index in [2.05, 4.69) is 10.3 Å². The van der Waals surface area contributed by atoms with E-state index in [-0.39, 0.29) is 5.91 Å². The number of rotatable bonds is 6. The van der Waals surface area contributed by atoms with Gasteiger partial charge in [-0.25, -0.2) is 4.98 Å². The van der Waals surface area contributed by atoms with Crippen LogP contribution in [-0.2, 0) is 6.42 Å². The third-order valence-electron chi connectivity index (χ3n) is 4.67. The van der Waals surface area contributed by atoms with E-state index in [1.807, 2.05) is 24.3 Å². The van der Waals surface area contributed by atoms with Crippen LogP contribution in [0.25, 0.3) is 11.1 Å². The number of halogens is 2. The number of anilines is 1. The number of oxazole rings is 1. The molecule has 4 aromatic rings. The van der Waals surface area contributed by atoms with Crippen molar-refractivity contribution in [2.45, 2.75) is 6.42 Å². The highest BCUT2D eigenvalue weighted by molar-refractivity contribution is 6.37. The predicted octanol–water partition coefficient (Wildman–Crippen LogP) is 5.99. The van der Waals surface area contributed by atoms with Crippen LogP contribution in [0.1, 0.15) is 21.8 Å². The van der Waals surface area contributed by atoms with Crippen LogP contribution in [0.3, 0.4) is 0 Å². The average molecular weight is 457 g/mol. The molecule has 0 unspecified atom stereocenters. The zero-order valence-electron chi connectivity index (χ0n) is 16.7. The third kappa shape index (κ3) is 4.60. The van der Waals surface area contributed by atoms with Crippen molar-refractivity contribution in [3.8, 4) is 11.5 Å². The molecule has 0 bridgehead atoms. The van der Waals surface area contributed by atoms with E-state index in [4.69, 9.17) is 37.1 Å². The number of nitrogens with one attached hydrogen (secondary N) is 1. The number of ether oxygens (including phenoxy) is 2. The van der Waals surface area contributed by atoms with Gasteiger partial charge in [-0.2, -0.15) is 0 Å². The first kappa shape index (κ1) is 21.0. The Morgan fingerprint density at radius 1 is 1.00 bits per heavy atom. The molecule has 8 heteroatoms. The molecule has 1 aromatic heterocycles. The minimum Gasteiger partial charge on any atom is -0.493 e. The first-order valence-corrected chi connectivity index (χ1v) is 10.1. The van der Waals surface area contributed by atoms with Crippen molar-refractivity contribution in [2.75, 3.05) is 19.5 Å². The number of benzene rings is 3. The summed E-state index contributed by atoms with van der Waals surface area (Å²) in [4.78, 5) is 17.0. The van der Waals surface area contributed by atoms with E-state index in [1.165, 1.54) is 7.11 Å². The highest BCUT2D eigenvalue weighted by Crippen LogP contribution is 2.30. The smallest absolute Gasteiger partial charge is 0.255 e. The average Bonchev–Trinajstić information content (AvgIpc) is 3.17. The number of nitrogens with zero attached hydrogens (tertiary/aromatic N) is 1. The summed E-state index contributed by atoms with van der Waals surface area (Å²) in [6.07, 6.45) is 0.479. The van der Waals surface area contributed by atoms with E-state index in [1.54, 1.807) is 37.4 Å². The van der Waals surface area contributed by atoms with Gasteiger partial charge in [0, 0.05) is 22.7 Å². The molecule has 158 valence electrons. The van der Waals surface area contributed by atoms with Gasteiger partial charge in [0.1, 0.15) is 5.52 Å². The molecular formula is C23H18Cl2N2O4. The topological polar surface area (TPSA) is 73.6 Å². The summed E-state index contributed by atoms with van der Waals surface area (Å²) in [5.41, 5.74) is 3.23. The highest BCUT2D eigenvalue weighted by Gasteiger charge is 2.13. The molecule has 3 aromatic carbocycles. The number of fused-ring (bicyclic) bond motifs is 1. The van der Waals surface area contributed by atoms with Gasteiger partial charge in [0.15, 0.2) is 23.0 Å². The molecule has 0 saturated heterocycles. The Morgan fingerprint density at radius 2 is 1.74 bits per heavy atom. The number of hydrogen-bond donors (Lipinski definition) is 1. The summed E-state index contributed by atoms with van der Waals surface area (Å²) < 4.78 is 16.2. The van der Waals surface area contributed by atoms with Gasteiger partial charge in [-0.15, -0.1) is 0 Å². The molecule has 0 aliphatic rings. The molecule has 1 N–H and O–H groups in total.